The van der Waals surface area contributed by atoms with Crippen molar-refractivity contribution in [1.29, 1.82) is 0 Å². The summed E-state index contributed by atoms with van der Waals surface area (Å²) in [6, 6.07) is 0. The van der Waals surface area contributed by atoms with E-state index >= 15 is 0 Å². The van der Waals surface area contributed by atoms with Gasteiger partial charge < -0.3 is 10.0 Å². The molecule has 2 aromatic rings. The number of carboxylic acid groups (broad SMARTS) is 1. The maximum atomic E-state index is 11.4. The lowest BCUT2D eigenvalue weighted by atomic mass is 10.2. The van der Waals surface area contributed by atoms with Crippen LogP contribution in [0.3, 0.4) is 0 Å². The van der Waals surface area contributed by atoms with Gasteiger partial charge in [-0.1, -0.05) is 49.6 Å². The number of nitrogens with zero attached hydrogens (tertiary/aromatic N) is 4. The maximum Gasteiger partial charge on any atom is 0.319 e. The second-order valence-corrected chi connectivity index (χ2v) is 10.2. The van der Waals surface area contributed by atoms with Crippen LogP contribution in [0.15, 0.2) is 58.6 Å². The Morgan fingerprint density at radius 3 is 2.65 bits per heavy atom. The molecule has 0 atom stereocenters. The SMILES string of the molecule is C=C(/C=C\C)/C=C/CN(CCc1csc(SC(C)(C)C(=O)O)n1)c1ncc(CC)cn1. The van der Waals surface area contributed by atoms with Crippen LogP contribution in [0.25, 0.3) is 0 Å². The fourth-order valence-corrected chi connectivity index (χ4v) is 4.76. The van der Waals surface area contributed by atoms with Gasteiger partial charge in [-0.05, 0) is 38.3 Å². The van der Waals surface area contributed by atoms with Crippen LogP contribution < -0.4 is 4.90 Å². The average molecular weight is 459 g/mol. The number of aromatic nitrogens is 3. The van der Waals surface area contributed by atoms with Crippen LogP contribution in [0.5, 0.6) is 0 Å². The Morgan fingerprint density at radius 1 is 1.32 bits per heavy atom. The molecular weight excluding hydrogens is 428 g/mol. The minimum absolute atomic E-state index is 0.653. The van der Waals surface area contributed by atoms with Crippen LogP contribution in [0.4, 0.5) is 5.95 Å². The van der Waals surface area contributed by atoms with Gasteiger partial charge in [0.1, 0.15) is 4.75 Å². The first-order valence-corrected chi connectivity index (χ1v) is 11.9. The fourth-order valence-electron chi connectivity index (χ4n) is 2.53. The monoisotopic (exact) mass is 458 g/mol. The van der Waals surface area contributed by atoms with Crippen molar-refractivity contribution in [3.8, 4) is 0 Å². The Kier molecular flexibility index (Phi) is 9.45. The average Bonchev–Trinajstić information content (AvgIpc) is 3.17. The van der Waals surface area contributed by atoms with Crippen molar-refractivity contribution >= 4 is 35.0 Å². The molecule has 2 heterocycles. The van der Waals surface area contributed by atoms with E-state index in [0.29, 0.717) is 25.5 Å². The van der Waals surface area contributed by atoms with Gasteiger partial charge in [-0.15, -0.1) is 11.3 Å². The summed E-state index contributed by atoms with van der Waals surface area (Å²) in [5.74, 6) is -0.172. The molecule has 31 heavy (non-hydrogen) atoms. The number of anilines is 1. The molecule has 0 aliphatic carbocycles. The van der Waals surface area contributed by atoms with E-state index in [4.69, 9.17) is 0 Å². The first kappa shape index (κ1) is 24.8. The van der Waals surface area contributed by atoms with Crippen molar-refractivity contribution in [3.63, 3.8) is 0 Å². The van der Waals surface area contributed by atoms with Crippen LogP contribution in [-0.2, 0) is 17.6 Å². The first-order chi connectivity index (χ1) is 14.7. The summed E-state index contributed by atoms with van der Waals surface area (Å²) in [6.45, 7) is 12.8. The lowest BCUT2D eigenvalue weighted by Gasteiger charge is -2.20. The molecule has 8 heteroatoms. The van der Waals surface area contributed by atoms with Gasteiger partial charge in [-0.25, -0.2) is 15.0 Å². The van der Waals surface area contributed by atoms with E-state index in [0.717, 1.165) is 27.6 Å². The van der Waals surface area contributed by atoms with Crippen molar-refractivity contribution < 1.29 is 9.90 Å². The zero-order chi connectivity index (χ0) is 22.9. The van der Waals surface area contributed by atoms with Gasteiger partial charge in [0.15, 0.2) is 4.34 Å². The largest absolute Gasteiger partial charge is 0.480 e. The minimum atomic E-state index is -0.907. The standard InChI is InChI=1S/C23H30N4O2S2/c1-6-9-17(3)10-8-12-27(21-24-14-18(7-2)15-25-21)13-11-19-16-30-22(26-19)31-23(4,5)20(28)29/h6,8-10,14-16H,3,7,11-13H2,1-2,4-5H3,(H,28,29)/b9-6-,10-8+. The predicted molar refractivity (Wildman–Crippen MR) is 130 cm³/mol. The van der Waals surface area contributed by atoms with Crippen LogP contribution in [-0.4, -0.2) is 43.9 Å². The molecule has 0 fully saturated rings. The second-order valence-electron chi connectivity index (χ2n) is 7.44. The highest BCUT2D eigenvalue weighted by Gasteiger charge is 2.29. The van der Waals surface area contributed by atoms with Crippen LogP contribution >= 0.6 is 23.1 Å². The summed E-state index contributed by atoms with van der Waals surface area (Å²) in [4.78, 5) is 27.1. The van der Waals surface area contributed by atoms with Crippen molar-refractivity contribution in [1.82, 2.24) is 15.0 Å². The van der Waals surface area contributed by atoms with Crippen molar-refractivity contribution in [2.24, 2.45) is 0 Å². The molecule has 0 aliphatic rings. The van der Waals surface area contributed by atoms with Gasteiger partial charge in [0, 0.05) is 37.3 Å². The zero-order valence-electron chi connectivity index (χ0n) is 18.5. The molecule has 166 valence electrons. The van der Waals surface area contributed by atoms with E-state index in [2.05, 4.69) is 39.4 Å². The molecule has 0 amide bonds. The van der Waals surface area contributed by atoms with Gasteiger partial charge in [0.25, 0.3) is 0 Å². The minimum Gasteiger partial charge on any atom is -0.480 e. The van der Waals surface area contributed by atoms with Crippen molar-refractivity contribution in [2.45, 2.75) is 49.6 Å². The molecule has 0 unspecified atom stereocenters. The number of carboxylic acids is 1. The third-order valence-corrected chi connectivity index (χ3v) is 6.62. The third kappa shape index (κ3) is 7.95. The van der Waals surface area contributed by atoms with E-state index in [1.807, 2.05) is 42.9 Å². The molecule has 0 spiro atoms. The smallest absolute Gasteiger partial charge is 0.319 e. The normalized spacial score (nSPS) is 12.0. The second kappa shape index (κ2) is 11.8. The Labute approximate surface area is 192 Å². The molecule has 1 N–H and O–H groups in total. The number of hydrogen-bond donors (Lipinski definition) is 1. The Bertz CT molecular complexity index is 933. The highest BCUT2D eigenvalue weighted by atomic mass is 32.2. The molecule has 2 aromatic heterocycles. The number of thioether (sulfide) groups is 1. The molecule has 2 rings (SSSR count). The fraction of sp³-hybridized carbons (Fsp3) is 0.391. The van der Waals surface area contributed by atoms with Crippen LogP contribution in [0.2, 0.25) is 0 Å². The Balaban J connectivity index is 2.08. The molecule has 6 nitrogen and oxygen atoms in total. The van der Waals surface area contributed by atoms with Gasteiger partial charge in [0.05, 0.1) is 5.69 Å². The lowest BCUT2D eigenvalue weighted by molar-refractivity contribution is -0.138. The predicted octanol–water partition coefficient (Wildman–Crippen LogP) is 5.19. The van der Waals surface area contributed by atoms with Crippen molar-refractivity contribution in [3.05, 3.63) is 65.5 Å². The van der Waals surface area contributed by atoms with Crippen LogP contribution in [0, 0.1) is 0 Å². The summed E-state index contributed by atoms with van der Waals surface area (Å²) in [5.41, 5.74) is 2.97. The topological polar surface area (TPSA) is 79.2 Å². The molecule has 0 bridgehead atoms. The summed E-state index contributed by atoms with van der Waals surface area (Å²) >= 11 is 2.75. The number of aliphatic carboxylic acids is 1. The van der Waals surface area contributed by atoms with Gasteiger partial charge >= 0.3 is 5.97 Å². The summed E-state index contributed by atoms with van der Waals surface area (Å²) < 4.78 is -0.143. The van der Waals surface area contributed by atoms with Gasteiger partial charge in [0.2, 0.25) is 5.95 Å². The van der Waals surface area contributed by atoms with Gasteiger partial charge in [-0.2, -0.15) is 0 Å². The number of aryl methyl sites for hydroxylation is 1. The molecule has 0 saturated carbocycles. The Morgan fingerprint density at radius 2 is 2.03 bits per heavy atom. The Hall–Kier alpha value is -2.45. The molecular formula is C23H30N4O2S2. The van der Waals surface area contributed by atoms with E-state index in [9.17, 15) is 9.90 Å². The molecule has 0 radical (unpaired) electrons. The number of allylic oxidation sites excluding steroid dienone is 4. The number of rotatable bonds is 12. The van der Waals surface area contributed by atoms with E-state index in [-0.39, 0.29) is 0 Å². The summed E-state index contributed by atoms with van der Waals surface area (Å²) in [7, 11) is 0. The van der Waals surface area contributed by atoms with Crippen LogP contribution in [0.1, 0.15) is 39.0 Å². The van der Waals surface area contributed by atoms with Gasteiger partial charge in [-0.3, -0.25) is 4.79 Å². The quantitative estimate of drug-likeness (QED) is 0.346. The number of thiazole rings is 1. The number of hydrogen-bond acceptors (Lipinski definition) is 7. The first-order valence-electron chi connectivity index (χ1n) is 10.2. The highest BCUT2D eigenvalue weighted by molar-refractivity contribution is 8.02. The maximum absolute atomic E-state index is 11.4. The molecule has 0 aliphatic heterocycles. The summed E-state index contributed by atoms with van der Waals surface area (Å²) in [5, 5.41) is 11.3. The van der Waals surface area contributed by atoms with E-state index in [1.54, 1.807) is 13.8 Å². The zero-order valence-corrected chi connectivity index (χ0v) is 20.2. The molecule has 0 saturated heterocycles. The molecule has 0 aromatic carbocycles. The highest BCUT2D eigenvalue weighted by Crippen LogP contribution is 2.34. The lowest BCUT2D eigenvalue weighted by Crippen LogP contribution is -2.28. The number of carbonyl (C=O) groups is 1. The van der Waals surface area contributed by atoms with E-state index in [1.165, 1.54) is 23.1 Å². The van der Waals surface area contributed by atoms with E-state index < -0.39 is 10.7 Å². The van der Waals surface area contributed by atoms with Crippen molar-refractivity contribution in [2.75, 3.05) is 18.0 Å². The summed E-state index contributed by atoms with van der Waals surface area (Å²) in [6.07, 6.45) is 13.3. The third-order valence-electron chi connectivity index (χ3n) is 4.45.